The van der Waals surface area contributed by atoms with Crippen LogP contribution < -0.4 is 5.43 Å². The van der Waals surface area contributed by atoms with Crippen LogP contribution in [0.1, 0.15) is 32.6 Å². The molecule has 1 aromatic heterocycles. The summed E-state index contributed by atoms with van der Waals surface area (Å²) in [6.45, 7) is 2.26. The highest BCUT2D eigenvalue weighted by Crippen LogP contribution is 2.21. The number of hydrogen-bond donors (Lipinski definition) is 2. The van der Waals surface area contributed by atoms with Crippen molar-refractivity contribution < 1.29 is 4.79 Å². The fourth-order valence-corrected chi connectivity index (χ4v) is 3.19. The van der Waals surface area contributed by atoms with Gasteiger partial charge >= 0.3 is 0 Å². The van der Waals surface area contributed by atoms with Crippen LogP contribution in [-0.2, 0) is 4.79 Å². The number of carbonyl (C=O) groups excluding carboxylic acids is 1. The van der Waals surface area contributed by atoms with E-state index in [1.54, 1.807) is 0 Å². The van der Waals surface area contributed by atoms with E-state index in [1.165, 1.54) is 24.6 Å². The number of rotatable bonds is 4. The molecule has 1 aromatic carbocycles. The standard InChI is InChI=1S/C16H20N4OS/c1-11-6-8-12(9-7-11)19-20-15(21)10-22-16-17-13-4-2-3-5-14(13)18-16/h2-5,11H,6-10H2,1H3,(H,17,18)(H,20,21). The number of nitrogens with zero attached hydrogens (tertiary/aromatic N) is 2. The molecule has 0 saturated heterocycles. The molecule has 1 fully saturated rings. The SMILES string of the molecule is CC1CCC(=NNC(=O)CSc2nc3ccccc3[nH]2)CC1. The fourth-order valence-electron chi connectivity index (χ4n) is 2.51. The Morgan fingerprint density at radius 3 is 2.95 bits per heavy atom. The molecule has 116 valence electrons. The molecule has 6 heteroatoms. The third kappa shape index (κ3) is 3.88. The van der Waals surface area contributed by atoms with E-state index in [1.807, 2.05) is 24.3 Å². The number of carbonyl (C=O) groups is 1. The van der Waals surface area contributed by atoms with Crippen LogP contribution in [0, 0.1) is 5.92 Å². The molecule has 3 rings (SSSR count). The van der Waals surface area contributed by atoms with Gasteiger partial charge in [0, 0.05) is 5.71 Å². The van der Waals surface area contributed by atoms with Crippen LogP contribution >= 0.6 is 11.8 Å². The van der Waals surface area contributed by atoms with Crippen molar-refractivity contribution in [3.05, 3.63) is 24.3 Å². The summed E-state index contributed by atoms with van der Waals surface area (Å²) >= 11 is 1.39. The van der Waals surface area contributed by atoms with Crippen molar-refractivity contribution in [3.63, 3.8) is 0 Å². The van der Waals surface area contributed by atoms with Crippen molar-refractivity contribution in [2.24, 2.45) is 11.0 Å². The van der Waals surface area contributed by atoms with Crippen molar-refractivity contribution in [1.82, 2.24) is 15.4 Å². The van der Waals surface area contributed by atoms with Crippen LogP contribution in [0.3, 0.4) is 0 Å². The van der Waals surface area contributed by atoms with Crippen LogP contribution in [-0.4, -0.2) is 27.3 Å². The van der Waals surface area contributed by atoms with Gasteiger partial charge in [-0.05, 0) is 43.7 Å². The van der Waals surface area contributed by atoms with Gasteiger partial charge in [-0.1, -0.05) is 30.8 Å². The Morgan fingerprint density at radius 2 is 2.18 bits per heavy atom. The van der Waals surface area contributed by atoms with E-state index in [4.69, 9.17) is 0 Å². The number of hydrazone groups is 1. The van der Waals surface area contributed by atoms with Crippen LogP contribution in [0.5, 0.6) is 0 Å². The van der Waals surface area contributed by atoms with E-state index in [2.05, 4.69) is 27.4 Å². The second-order valence-electron chi connectivity index (χ2n) is 5.74. The van der Waals surface area contributed by atoms with E-state index in [0.29, 0.717) is 5.75 Å². The first-order valence-corrected chi connectivity index (χ1v) is 8.61. The zero-order chi connectivity index (χ0) is 15.4. The third-order valence-electron chi connectivity index (χ3n) is 3.90. The minimum Gasteiger partial charge on any atom is -0.333 e. The zero-order valence-corrected chi connectivity index (χ0v) is 13.4. The Morgan fingerprint density at radius 1 is 1.41 bits per heavy atom. The van der Waals surface area contributed by atoms with E-state index in [9.17, 15) is 4.79 Å². The first kappa shape index (κ1) is 15.1. The number of H-pyrrole nitrogens is 1. The van der Waals surface area contributed by atoms with Gasteiger partial charge in [0.1, 0.15) is 0 Å². The highest BCUT2D eigenvalue weighted by atomic mass is 32.2. The Kier molecular flexibility index (Phi) is 4.77. The molecule has 2 aromatic rings. The highest BCUT2D eigenvalue weighted by molar-refractivity contribution is 7.99. The van der Waals surface area contributed by atoms with E-state index < -0.39 is 0 Å². The first-order valence-electron chi connectivity index (χ1n) is 7.62. The van der Waals surface area contributed by atoms with Gasteiger partial charge in [-0.15, -0.1) is 0 Å². The van der Waals surface area contributed by atoms with Gasteiger partial charge in [0.15, 0.2) is 5.16 Å². The zero-order valence-electron chi connectivity index (χ0n) is 12.6. The minimum absolute atomic E-state index is 0.0865. The largest absolute Gasteiger partial charge is 0.333 e. The summed E-state index contributed by atoms with van der Waals surface area (Å²) in [5, 5.41) is 5.01. The maximum absolute atomic E-state index is 11.9. The summed E-state index contributed by atoms with van der Waals surface area (Å²) in [6.07, 6.45) is 4.33. The lowest BCUT2D eigenvalue weighted by Crippen LogP contribution is -2.23. The second-order valence-corrected chi connectivity index (χ2v) is 6.71. The molecule has 0 spiro atoms. The average molecular weight is 316 g/mol. The number of thioether (sulfide) groups is 1. The average Bonchev–Trinajstić information content (AvgIpc) is 2.95. The molecule has 1 heterocycles. The fraction of sp³-hybridized carbons (Fsp3) is 0.438. The molecule has 0 radical (unpaired) electrons. The molecular formula is C16H20N4OS. The predicted octanol–water partition coefficient (Wildman–Crippen LogP) is 3.34. The summed E-state index contributed by atoms with van der Waals surface area (Å²) < 4.78 is 0. The number of aromatic amines is 1. The Hall–Kier alpha value is -1.82. The quantitative estimate of drug-likeness (QED) is 0.671. The smallest absolute Gasteiger partial charge is 0.250 e. The van der Waals surface area contributed by atoms with Crippen LogP contribution in [0.2, 0.25) is 0 Å². The molecule has 0 bridgehead atoms. The molecule has 1 saturated carbocycles. The Labute approximate surface area is 134 Å². The van der Waals surface area contributed by atoms with Crippen LogP contribution in [0.4, 0.5) is 0 Å². The Bertz CT molecular complexity index is 651. The maximum atomic E-state index is 11.9. The maximum Gasteiger partial charge on any atom is 0.250 e. The van der Waals surface area contributed by atoms with E-state index in [-0.39, 0.29) is 5.91 Å². The summed E-state index contributed by atoms with van der Waals surface area (Å²) in [7, 11) is 0. The third-order valence-corrected chi connectivity index (χ3v) is 4.77. The molecule has 1 aliphatic carbocycles. The summed E-state index contributed by atoms with van der Waals surface area (Å²) in [6, 6.07) is 7.84. The first-order chi connectivity index (χ1) is 10.7. The molecule has 0 aliphatic heterocycles. The van der Waals surface area contributed by atoms with E-state index in [0.717, 1.165) is 40.7 Å². The summed E-state index contributed by atoms with van der Waals surface area (Å²) in [5.41, 5.74) is 5.68. The van der Waals surface area contributed by atoms with Crippen LogP contribution in [0.15, 0.2) is 34.5 Å². The topological polar surface area (TPSA) is 70.1 Å². The van der Waals surface area contributed by atoms with Gasteiger partial charge in [-0.2, -0.15) is 5.10 Å². The van der Waals surface area contributed by atoms with Crippen molar-refractivity contribution in [3.8, 4) is 0 Å². The number of imidazole rings is 1. The number of para-hydroxylation sites is 2. The molecule has 1 amide bonds. The number of aromatic nitrogens is 2. The number of amides is 1. The molecule has 0 atom stereocenters. The monoisotopic (exact) mass is 316 g/mol. The number of fused-ring (bicyclic) bond motifs is 1. The lowest BCUT2D eigenvalue weighted by Gasteiger charge is -2.18. The minimum atomic E-state index is -0.0865. The second kappa shape index (κ2) is 6.96. The van der Waals surface area contributed by atoms with Crippen molar-refractivity contribution in [2.45, 2.75) is 37.8 Å². The predicted molar refractivity (Wildman–Crippen MR) is 90.0 cm³/mol. The lowest BCUT2D eigenvalue weighted by atomic mass is 9.90. The van der Waals surface area contributed by atoms with Gasteiger partial charge in [-0.3, -0.25) is 4.79 Å². The highest BCUT2D eigenvalue weighted by Gasteiger charge is 2.14. The Balaban J connectivity index is 1.49. The molecule has 5 nitrogen and oxygen atoms in total. The van der Waals surface area contributed by atoms with Gasteiger partial charge in [-0.25, -0.2) is 10.4 Å². The molecule has 22 heavy (non-hydrogen) atoms. The normalized spacial score (nSPS) is 18.4. The molecule has 2 N–H and O–H groups in total. The summed E-state index contributed by atoms with van der Waals surface area (Å²) in [4.78, 5) is 19.5. The molecule has 0 unspecified atom stereocenters. The van der Waals surface area contributed by atoms with Gasteiger partial charge in [0.2, 0.25) is 0 Å². The van der Waals surface area contributed by atoms with Gasteiger partial charge in [0.25, 0.3) is 5.91 Å². The molecular weight excluding hydrogens is 296 g/mol. The lowest BCUT2D eigenvalue weighted by molar-refractivity contribution is -0.118. The number of benzene rings is 1. The van der Waals surface area contributed by atoms with Gasteiger partial charge in [0.05, 0.1) is 16.8 Å². The van der Waals surface area contributed by atoms with E-state index >= 15 is 0 Å². The molecule has 1 aliphatic rings. The van der Waals surface area contributed by atoms with Gasteiger partial charge < -0.3 is 4.98 Å². The van der Waals surface area contributed by atoms with Crippen molar-refractivity contribution >= 4 is 34.4 Å². The summed E-state index contributed by atoms with van der Waals surface area (Å²) in [5.74, 6) is 1.00. The van der Waals surface area contributed by atoms with Crippen molar-refractivity contribution in [1.29, 1.82) is 0 Å². The number of nitrogens with one attached hydrogen (secondary N) is 2. The van der Waals surface area contributed by atoms with Crippen molar-refractivity contribution in [2.75, 3.05) is 5.75 Å². The van der Waals surface area contributed by atoms with Crippen LogP contribution in [0.25, 0.3) is 11.0 Å². The number of hydrogen-bond acceptors (Lipinski definition) is 4.